The Balaban J connectivity index is 1.23. The van der Waals surface area contributed by atoms with Crippen LogP contribution in [0.25, 0.3) is 16.8 Å². The fourth-order valence-corrected chi connectivity index (χ4v) is 6.63. The van der Waals surface area contributed by atoms with Crippen LogP contribution >= 0.6 is 23.4 Å². The van der Waals surface area contributed by atoms with Gasteiger partial charge in [-0.1, -0.05) is 103 Å². The van der Waals surface area contributed by atoms with E-state index >= 15 is 0 Å². The molecule has 1 unspecified atom stereocenters. The molecule has 9 heteroatoms. The number of hydrogen-bond acceptors (Lipinski definition) is 5. The van der Waals surface area contributed by atoms with Crippen molar-refractivity contribution in [3.63, 3.8) is 0 Å². The molecule has 6 aromatic rings. The molecule has 0 aliphatic heterocycles. The number of methoxy groups -OCH3 is 1. The summed E-state index contributed by atoms with van der Waals surface area (Å²) in [5, 5.41) is 10.7. The normalized spacial score (nSPS) is 11.8. The van der Waals surface area contributed by atoms with E-state index in [4.69, 9.17) is 16.3 Å². The Morgan fingerprint density at radius 1 is 0.765 bits per heavy atom. The van der Waals surface area contributed by atoms with E-state index in [1.165, 1.54) is 18.9 Å². The third kappa shape index (κ3) is 8.67. The van der Waals surface area contributed by atoms with Gasteiger partial charge in [-0.15, -0.1) is 11.8 Å². The maximum Gasteiger partial charge on any atom is 0.272 e. The molecule has 3 amide bonds. The number of benzene rings is 6. The van der Waals surface area contributed by atoms with Gasteiger partial charge in [-0.2, -0.15) is 0 Å². The molecular formula is C42H34ClN3O4S. The Hall–Kier alpha value is -5.83. The maximum atomic E-state index is 13.8. The zero-order chi connectivity index (χ0) is 35.7. The van der Waals surface area contributed by atoms with Gasteiger partial charge in [0.1, 0.15) is 16.7 Å². The van der Waals surface area contributed by atoms with Crippen LogP contribution in [0.1, 0.15) is 32.3 Å². The Kier molecular flexibility index (Phi) is 11.2. The zero-order valence-corrected chi connectivity index (χ0v) is 29.4. The van der Waals surface area contributed by atoms with Crippen LogP contribution in [0, 0.1) is 6.92 Å². The Morgan fingerprint density at radius 3 is 2.16 bits per heavy atom. The van der Waals surface area contributed by atoms with Crippen LogP contribution in [0.5, 0.6) is 5.75 Å². The number of rotatable bonds is 11. The maximum absolute atomic E-state index is 13.8. The average molecular weight is 712 g/mol. The number of carbonyl (C=O) groups excluding carboxylic acids is 3. The van der Waals surface area contributed by atoms with E-state index in [-0.39, 0.29) is 11.6 Å². The van der Waals surface area contributed by atoms with Crippen LogP contribution in [-0.2, 0) is 9.59 Å². The molecule has 0 aromatic heterocycles. The summed E-state index contributed by atoms with van der Waals surface area (Å²) in [6.45, 7) is 1.86. The highest BCUT2D eigenvalue weighted by Gasteiger charge is 2.24. The van der Waals surface area contributed by atoms with Crippen LogP contribution in [0.2, 0.25) is 5.02 Å². The first-order chi connectivity index (χ1) is 24.8. The van der Waals surface area contributed by atoms with Gasteiger partial charge in [0, 0.05) is 27.2 Å². The number of nitrogens with one attached hydrogen (secondary N) is 3. The zero-order valence-electron chi connectivity index (χ0n) is 27.9. The lowest BCUT2D eigenvalue weighted by Gasteiger charge is -2.19. The lowest BCUT2D eigenvalue weighted by molar-refractivity contribution is -0.116. The summed E-state index contributed by atoms with van der Waals surface area (Å²) in [6.07, 6.45) is 1.68. The minimum atomic E-state index is -0.601. The Labute approximate surface area is 305 Å². The summed E-state index contributed by atoms with van der Waals surface area (Å²) in [6, 6.07) is 42.6. The van der Waals surface area contributed by atoms with Crippen molar-refractivity contribution >= 4 is 69.3 Å². The standard InChI is InChI=1S/C42H34ClN3O4S/c1-27-24-36(38(50-2)26-35(27)43)45-42(49)39(29-13-5-3-6-14-29)51-33-22-20-32(21-23-33)44-41(48)37(46-40(47)30-15-7-4-8-16-30)25-31-18-11-17-28-12-9-10-19-34(28)31/h3-26,39H,1-2H3,(H,44,48)(H,45,49)(H,46,47)/b37-25-. The number of ether oxygens (including phenoxy) is 1. The summed E-state index contributed by atoms with van der Waals surface area (Å²) in [4.78, 5) is 41.5. The first kappa shape index (κ1) is 35.0. The molecule has 254 valence electrons. The largest absolute Gasteiger partial charge is 0.495 e. The summed E-state index contributed by atoms with van der Waals surface area (Å²) in [5.41, 5.74) is 3.97. The van der Waals surface area contributed by atoms with Crippen molar-refractivity contribution < 1.29 is 19.1 Å². The third-order valence-corrected chi connectivity index (χ3v) is 9.77. The van der Waals surface area contributed by atoms with Gasteiger partial charge in [0.25, 0.3) is 11.8 Å². The van der Waals surface area contributed by atoms with Gasteiger partial charge in [-0.25, -0.2) is 0 Å². The van der Waals surface area contributed by atoms with Gasteiger partial charge < -0.3 is 20.7 Å². The third-order valence-electron chi connectivity index (χ3n) is 8.10. The van der Waals surface area contributed by atoms with Gasteiger partial charge >= 0.3 is 0 Å². The van der Waals surface area contributed by atoms with Crippen molar-refractivity contribution in [2.75, 3.05) is 17.7 Å². The van der Waals surface area contributed by atoms with Crippen molar-refractivity contribution in [2.24, 2.45) is 0 Å². The quantitative estimate of drug-likeness (QED) is 0.0919. The summed E-state index contributed by atoms with van der Waals surface area (Å²) >= 11 is 7.66. The second kappa shape index (κ2) is 16.3. The molecule has 0 bridgehead atoms. The number of hydrogen-bond donors (Lipinski definition) is 3. The smallest absolute Gasteiger partial charge is 0.272 e. The van der Waals surface area contributed by atoms with Crippen LogP contribution < -0.4 is 20.7 Å². The van der Waals surface area contributed by atoms with Crippen LogP contribution in [-0.4, -0.2) is 24.8 Å². The Bertz CT molecular complexity index is 2220. The van der Waals surface area contributed by atoms with Crippen LogP contribution in [0.15, 0.2) is 150 Å². The van der Waals surface area contributed by atoms with E-state index in [9.17, 15) is 14.4 Å². The predicted molar refractivity (Wildman–Crippen MR) is 207 cm³/mol. The summed E-state index contributed by atoms with van der Waals surface area (Å²) < 4.78 is 5.48. The van der Waals surface area contributed by atoms with E-state index in [0.29, 0.717) is 27.7 Å². The molecule has 0 saturated heterocycles. The highest BCUT2D eigenvalue weighted by molar-refractivity contribution is 8.00. The first-order valence-corrected chi connectivity index (χ1v) is 17.4. The number of anilines is 2. The molecule has 0 fully saturated rings. The molecule has 51 heavy (non-hydrogen) atoms. The Morgan fingerprint density at radius 2 is 1.43 bits per heavy atom. The highest BCUT2D eigenvalue weighted by Crippen LogP contribution is 2.38. The molecule has 1 atom stereocenters. The molecule has 6 aromatic carbocycles. The summed E-state index contributed by atoms with van der Waals surface area (Å²) in [7, 11) is 1.53. The number of aryl methyl sites for hydroxylation is 1. The number of halogens is 1. The summed E-state index contributed by atoms with van der Waals surface area (Å²) in [5.74, 6) is -0.660. The minimum Gasteiger partial charge on any atom is -0.495 e. The van der Waals surface area contributed by atoms with Crippen LogP contribution in [0.4, 0.5) is 11.4 Å². The molecule has 0 heterocycles. The minimum absolute atomic E-state index is 0.0901. The molecule has 0 spiro atoms. The van der Waals surface area contributed by atoms with E-state index in [1.807, 2.05) is 97.9 Å². The average Bonchev–Trinajstić information content (AvgIpc) is 3.16. The molecule has 3 N–H and O–H groups in total. The van der Waals surface area contributed by atoms with Gasteiger partial charge in [0.2, 0.25) is 5.91 Å². The fourth-order valence-electron chi connectivity index (χ4n) is 5.45. The topological polar surface area (TPSA) is 96.5 Å². The SMILES string of the molecule is COc1cc(Cl)c(C)cc1NC(=O)C(Sc1ccc(NC(=O)/C(=C/c2cccc3ccccc23)NC(=O)c2ccccc2)cc1)c1ccccc1. The van der Waals surface area contributed by atoms with Gasteiger partial charge in [-0.05, 0) is 82.9 Å². The number of amides is 3. The van der Waals surface area contributed by atoms with Gasteiger partial charge in [-0.3, -0.25) is 14.4 Å². The van der Waals surface area contributed by atoms with Crippen molar-refractivity contribution in [1.82, 2.24) is 5.32 Å². The first-order valence-electron chi connectivity index (χ1n) is 16.1. The highest BCUT2D eigenvalue weighted by atomic mass is 35.5. The van der Waals surface area contributed by atoms with Crippen molar-refractivity contribution in [3.8, 4) is 5.75 Å². The van der Waals surface area contributed by atoms with E-state index in [0.717, 1.165) is 32.4 Å². The molecular weight excluding hydrogens is 678 g/mol. The molecule has 0 aliphatic rings. The predicted octanol–water partition coefficient (Wildman–Crippen LogP) is 9.69. The van der Waals surface area contributed by atoms with Gasteiger partial charge in [0.15, 0.2) is 0 Å². The van der Waals surface area contributed by atoms with E-state index in [1.54, 1.807) is 54.6 Å². The lowest BCUT2D eigenvalue weighted by Crippen LogP contribution is -2.30. The van der Waals surface area contributed by atoms with Crippen molar-refractivity contribution in [1.29, 1.82) is 0 Å². The monoisotopic (exact) mass is 711 g/mol. The fraction of sp³-hybridized carbons (Fsp3) is 0.0714. The molecule has 7 nitrogen and oxygen atoms in total. The second-order valence-corrected chi connectivity index (χ2v) is 13.2. The number of thioether (sulfide) groups is 1. The molecule has 0 aliphatic carbocycles. The molecule has 0 saturated carbocycles. The molecule has 0 radical (unpaired) electrons. The van der Waals surface area contributed by atoms with Crippen molar-refractivity contribution in [3.05, 3.63) is 172 Å². The van der Waals surface area contributed by atoms with E-state index in [2.05, 4.69) is 16.0 Å². The molecule has 6 rings (SSSR count). The second-order valence-electron chi connectivity index (χ2n) is 11.6. The lowest BCUT2D eigenvalue weighted by atomic mass is 10.0. The van der Waals surface area contributed by atoms with E-state index < -0.39 is 17.1 Å². The van der Waals surface area contributed by atoms with Gasteiger partial charge in [0.05, 0.1) is 12.8 Å². The number of fused-ring (bicyclic) bond motifs is 1. The van der Waals surface area contributed by atoms with Crippen LogP contribution in [0.3, 0.4) is 0 Å². The number of carbonyl (C=O) groups is 3. The van der Waals surface area contributed by atoms with Crippen molar-refractivity contribution in [2.45, 2.75) is 17.1 Å².